The summed E-state index contributed by atoms with van der Waals surface area (Å²) in [7, 11) is 0. The van der Waals surface area contributed by atoms with E-state index in [4.69, 9.17) is 10.3 Å². The third kappa shape index (κ3) is 4.93. The molecule has 0 amide bonds. The maximum atomic E-state index is 5.42. The zero-order valence-electron chi connectivity index (χ0n) is 9.70. The molecule has 0 aliphatic carbocycles. The molecule has 0 unspecified atom stereocenters. The fourth-order valence-corrected chi connectivity index (χ4v) is 1.44. The Morgan fingerprint density at radius 3 is 2.73 bits per heavy atom. The number of nitrogens with two attached hydrogens (primary N) is 1. The topological polar surface area (TPSA) is 64.9 Å². The number of nitrogens with zero attached hydrogens (tertiary/aromatic N) is 2. The largest absolute Gasteiger partial charge is 0.339 e. The number of rotatable bonds is 7. The highest BCUT2D eigenvalue weighted by Gasteiger charge is 2.07. The van der Waals surface area contributed by atoms with Gasteiger partial charge in [-0.2, -0.15) is 4.98 Å². The van der Waals surface area contributed by atoms with E-state index in [1.807, 2.05) is 0 Å². The number of hydrogen-bond donors (Lipinski definition) is 1. The standard InChI is InChI=1S/C11H21N3O/c1-9(2)8-10-13-11(15-14-10)6-4-3-5-7-12/h9H,3-8,12H2,1-2H3. The molecule has 0 aliphatic rings. The van der Waals surface area contributed by atoms with Gasteiger partial charge in [-0.05, 0) is 25.3 Å². The number of aryl methyl sites for hydroxylation is 1. The van der Waals surface area contributed by atoms with Crippen LogP contribution in [0.15, 0.2) is 4.52 Å². The van der Waals surface area contributed by atoms with Gasteiger partial charge in [0, 0.05) is 12.8 Å². The minimum absolute atomic E-state index is 0.577. The van der Waals surface area contributed by atoms with Gasteiger partial charge in [0.2, 0.25) is 5.89 Å². The number of unbranched alkanes of at least 4 members (excludes halogenated alkanes) is 2. The van der Waals surface area contributed by atoms with Crippen molar-refractivity contribution in [3.05, 3.63) is 11.7 Å². The monoisotopic (exact) mass is 211 g/mol. The third-order valence-corrected chi connectivity index (χ3v) is 2.20. The van der Waals surface area contributed by atoms with Crippen LogP contribution in [0, 0.1) is 5.92 Å². The summed E-state index contributed by atoms with van der Waals surface area (Å²) in [6.45, 7) is 5.07. The molecule has 0 atom stereocenters. The normalized spacial score (nSPS) is 11.2. The van der Waals surface area contributed by atoms with Crippen molar-refractivity contribution in [1.29, 1.82) is 0 Å². The molecule has 4 nitrogen and oxygen atoms in total. The predicted octanol–water partition coefficient (Wildman–Crippen LogP) is 1.94. The van der Waals surface area contributed by atoms with Crippen molar-refractivity contribution in [1.82, 2.24) is 10.1 Å². The van der Waals surface area contributed by atoms with E-state index < -0.39 is 0 Å². The SMILES string of the molecule is CC(C)Cc1noc(CCCCCN)n1. The van der Waals surface area contributed by atoms with Crippen LogP contribution in [0.3, 0.4) is 0 Å². The van der Waals surface area contributed by atoms with E-state index in [0.717, 1.165) is 50.4 Å². The van der Waals surface area contributed by atoms with Crippen molar-refractivity contribution >= 4 is 0 Å². The van der Waals surface area contributed by atoms with Crippen LogP contribution in [0.2, 0.25) is 0 Å². The highest BCUT2D eigenvalue weighted by molar-refractivity contribution is 4.87. The lowest BCUT2D eigenvalue weighted by atomic mass is 10.1. The molecule has 15 heavy (non-hydrogen) atoms. The van der Waals surface area contributed by atoms with E-state index in [9.17, 15) is 0 Å². The van der Waals surface area contributed by atoms with Gasteiger partial charge in [0.05, 0.1) is 0 Å². The lowest BCUT2D eigenvalue weighted by Crippen LogP contribution is -1.98. The smallest absolute Gasteiger partial charge is 0.226 e. The van der Waals surface area contributed by atoms with Crippen LogP contribution in [0.4, 0.5) is 0 Å². The summed E-state index contributed by atoms with van der Waals surface area (Å²) in [4.78, 5) is 4.34. The Bertz CT molecular complexity index is 271. The quantitative estimate of drug-likeness (QED) is 0.700. The number of aromatic nitrogens is 2. The van der Waals surface area contributed by atoms with Gasteiger partial charge in [0.25, 0.3) is 0 Å². The first-order valence-corrected chi connectivity index (χ1v) is 5.74. The summed E-state index contributed by atoms with van der Waals surface area (Å²) in [6.07, 6.45) is 5.07. The van der Waals surface area contributed by atoms with Crippen LogP contribution in [0.1, 0.15) is 44.8 Å². The average molecular weight is 211 g/mol. The summed E-state index contributed by atoms with van der Waals surface area (Å²) in [5, 5.41) is 3.94. The van der Waals surface area contributed by atoms with Crippen LogP contribution in [-0.2, 0) is 12.8 Å². The first-order valence-electron chi connectivity index (χ1n) is 5.74. The molecule has 0 saturated carbocycles. The minimum atomic E-state index is 0.577. The molecule has 1 heterocycles. The lowest BCUT2D eigenvalue weighted by molar-refractivity contribution is 0.367. The van der Waals surface area contributed by atoms with Crippen molar-refractivity contribution in [3.8, 4) is 0 Å². The third-order valence-electron chi connectivity index (χ3n) is 2.20. The molecule has 1 rings (SSSR count). The van der Waals surface area contributed by atoms with Crippen LogP contribution < -0.4 is 5.73 Å². The van der Waals surface area contributed by atoms with Crippen molar-refractivity contribution in [2.75, 3.05) is 6.54 Å². The molecule has 1 aromatic rings. The maximum Gasteiger partial charge on any atom is 0.226 e. The average Bonchev–Trinajstić information content (AvgIpc) is 2.59. The van der Waals surface area contributed by atoms with Gasteiger partial charge >= 0.3 is 0 Å². The second-order valence-electron chi connectivity index (χ2n) is 4.30. The zero-order chi connectivity index (χ0) is 11.1. The predicted molar refractivity (Wildman–Crippen MR) is 59.4 cm³/mol. The first kappa shape index (κ1) is 12.2. The second-order valence-corrected chi connectivity index (χ2v) is 4.30. The molecule has 0 spiro atoms. The van der Waals surface area contributed by atoms with E-state index in [-0.39, 0.29) is 0 Å². The summed E-state index contributed by atoms with van der Waals surface area (Å²) >= 11 is 0. The van der Waals surface area contributed by atoms with E-state index in [2.05, 4.69) is 24.0 Å². The van der Waals surface area contributed by atoms with Crippen molar-refractivity contribution < 1.29 is 4.52 Å². The van der Waals surface area contributed by atoms with Gasteiger partial charge in [-0.1, -0.05) is 25.4 Å². The first-order chi connectivity index (χ1) is 7.22. The maximum absolute atomic E-state index is 5.42. The molecular formula is C11H21N3O. The molecule has 86 valence electrons. The Labute approximate surface area is 91.2 Å². The molecule has 0 aliphatic heterocycles. The van der Waals surface area contributed by atoms with Crippen LogP contribution in [0.5, 0.6) is 0 Å². The van der Waals surface area contributed by atoms with Crippen LogP contribution in [-0.4, -0.2) is 16.7 Å². The fraction of sp³-hybridized carbons (Fsp3) is 0.818. The molecule has 0 bridgehead atoms. The molecular weight excluding hydrogens is 190 g/mol. The summed E-state index contributed by atoms with van der Waals surface area (Å²) in [5.41, 5.74) is 5.42. The second kappa shape index (κ2) is 6.56. The lowest BCUT2D eigenvalue weighted by Gasteiger charge is -1.96. The summed E-state index contributed by atoms with van der Waals surface area (Å²) in [5.74, 6) is 2.18. The van der Waals surface area contributed by atoms with Crippen LogP contribution in [0.25, 0.3) is 0 Å². The van der Waals surface area contributed by atoms with Crippen molar-refractivity contribution in [2.24, 2.45) is 11.7 Å². The van der Waals surface area contributed by atoms with Gasteiger partial charge in [0.1, 0.15) is 0 Å². The number of hydrogen-bond acceptors (Lipinski definition) is 4. The van der Waals surface area contributed by atoms with Gasteiger partial charge in [-0.25, -0.2) is 0 Å². The summed E-state index contributed by atoms with van der Waals surface area (Å²) < 4.78 is 5.15. The molecule has 0 radical (unpaired) electrons. The summed E-state index contributed by atoms with van der Waals surface area (Å²) in [6, 6.07) is 0. The van der Waals surface area contributed by atoms with Crippen LogP contribution >= 0.6 is 0 Å². The Morgan fingerprint density at radius 2 is 2.07 bits per heavy atom. The Balaban J connectivity index is 2.26. The zero-order valence-corrected chi connectivity index (χ0v) is 9.70. The fourth-order valence-electron chi connectivity index (χ4n) is 1.44. The van der Waals surface area contributed by atoms with E-state index in [0.29, 0.717) is 5.92 Å². The molecule has 0 aromatic carbocycles. The van der Waals surface area contributed by atoms with Gasteiger partial charge in [0.15, 0.2) is 5.82 Å². The van der Waals surface area contributed by atoms with Gasteiger partial charge in [-0.15, -0.1) is 0 Å². The van der Waals surface area contributed by atoms with E-state index in [1.54, 1.807) is 0 Å². The van der Waals surface area contributed by atoms with Gasteiger partial charge < -0.3 is 10.3 Å². The molecule has 4 heteroatoms. The van der Waals surface area contributed by atoms with Gasteiger partial charge in [-0.3, -0.25) is 0 Å². The minimum Gasteiger partial charge on any atom is -0.339 e. The Kier molecular flexibility index (Phi) is 5.32. The molecule has 0 fully saturated rings. The van der Waals surface area contributed by atoms with E-state index >= 15 is 0 Å². The Hall–Kier alpha value is -0.900. The highest BCUT2D eigenvalue weighted by atomic mass is 16.5. The van der Waals surface area contributed by atoms with Crippen molar-refractivity contribution in [2.45, 2.75) is 46.0 Å². The molecule has 1 aromatic heterocycles. The van der Waals surface area contributed by atoms with Crippen molar-refractivity contribution in [3.63, 3.8) is 0 Å². The molecule has 2 N–H and O–H groups in total. The highest BCUT2D eigenvalue weighted by Crippen LogP contribution is 2.07. The Morgan fingerprint density at radius 1 is 1.27 bits per heavy atom. The van der Waals surface area contributed by atoms with E-state index in [1.165, 1.54) is 0 Å². The molecule has 0 saturated heterocycles.